The average Bonchev–Trinajstić information content (AvgIpc) is 2.05. The molecular formula is C10H16N4. The van der Waals surface area contributed by atoms with Crippen molar-refractivity contribution >= 4 is 11.6 Å². The summed E-state index contributed by atoms with van der Waals surface area (Å²) in [4.78, 5) is 8.15. The molecule has 0 aliphatic heterocycles. The Bertz CT molecular complexity index is 309. The molecule has 4 nitrogen and oxygen atoms in total. The standard InChI is InChI=1S/C10H16N4/c1-7(8-3-2-4-8)14-10-9(11)12-5-6-13-10/h5-8H,2-4H2,1H3,(H2,11,12)(H,13,14). The van der Waals surface area contributed by atoms with Gasteiger partial charge in [-0.3, -0.25) is 0 Å². The van der Waals surface area contributed by atoms with Gasteiger partial charge in [-0.25, -0.2) is 9.97 Å². The molecule has 1 atom stereocenters. The van der Waals surface area contributed by atoms with E-state index in [-0.39, 0.29) is 0 Å². The predicted octanol–water partition coefficient (Wildman–Crippen LogP) is 1.66. The van der Waals surface area contributed by atoms with Crippen LogP contribution in [0.2, 0.25) is 0 Å². The topological polar surface area (TPSA) is 63.8 Å². The average molecular weight is 192 g/mol. The van der Waals surface area contributed by atoms with Crippen molar-refractivity contribution in [1.82, 2.24) is 9.97 Å². The van der Waals surface area contributed by atoms with Crippen molar-refractivity contribution in [2.75, 3.05) is 11.1 Å². The van der Waals surface area contributed by atoms with Gasteiger partial charge in [-0.05, 0) is 25.7 Å². The maximum absolute atomic E-state index is 5.69. The second-order valence-corrected chi connectivity index (χ2v) is 3.91. The molecule has 2 rings (SSSR count). The lowest BCUT2D eigenvalue weighted by atomic mass is 9.80. The van der Waals surface area contributed by atoms with Crippen molar-refractivity contribution in [3.8, 4) is 0 Å². The van der Waals surface area contributed by atoms with Crippen molar-refractivity contribution < 1.29 is 0 Å². The number of nitrogens with one attached hydrogen (secondary N) is 1. The Balaban J connectivity index is 1.99. The van der Waals surface area contributed by atoms with Crippen LogP contribution in [-0.2, 0) is 0 Å². The van der Waals surface area contributed by atoms with Gasteiger partial charge in [0.2, 0.25) is 0 Å². The van der Waals surface area contributed by atoms with Crippen molar-refractivity contribution in [2.45, 2.75) is 32.2 Å². The molecule has 0 aromatic carbocycles. The Kier molecular flexibility index (Phi) is 2.52. The number of hydrogen-bond acceptors (Lipinski definition) is 4. The minimum atomic E-state index is 0.447. The Morgan fingerprint density at radius 1 is 1.43 bits per heavy atom. The van der Waals surface area contributed by atoms with Gasteiger partial charge in [0.1, 0.15) is 0 Å². The highest BCUT2D eigenvalue weighted by Crippen LogP contribution is 2.31. The smallest absolute Gasteiger partial charge is 0.169 e. The third kappa shape index (κ3) is 1.78. The van der Waals surface area contributed by atoms with Crippen LogP contribution < -0.4 is 11.1 Å². The fourth-order valence-corrected chi connectivity index (χ4v) is 1.73. The van der Waals surface area contributed by atoms with E-state index in [2.05, 4.69) is 22.2 Å². The third-order valence-electron chi connectivity index (χ3n) is 2.95. The Morgan fingerprint density at radius 3 is 2.71 bits per heavy atom. The molecule has 0 bridgehead atoms. The number of nitrogens with zero attached hydrogens (tertiary/aromatic N) is 2. The highest BCUT2D eigenvalue weighted by atomic mass is 15.1. The quantitative estimate of drug-likeness (QED) is 0.764. The second-order valence-electron chi connectivity index (χ2n) is 3.91. The molecule has 1 aromatic heterocycles. The Hall–Kier alpha value is -1.32. The summed E-state index contributed by atoms with van der Waals surface area (Å²) in [6.45, 7) is 2.18. The molecule has 3 N–H and O–H groups in total. The summed E-state index contributed by atoms with van der Waals surface area (Å²) in [5, 5.41) is 3.31. The van der Waals surface area contributed by atoms with Gasteiger partial charge >= 0.3 is 0 Å². The maximum Gasteiger partial charge on any atom is 0.169 e. The first-order valence-corrected chi connectivity index (χ1v) is 5.10. The molecule has 0 amide bonds. The van der Waals surface area contributed by atoms with E-state index in [1.165, 1.54) is 19.3 Å². The zero-order chi connectivity index (χ0) is 9.97. The van der Waals surface area contributed by atoms with Crippen molar-refractivity contribution in [2.24, 2.45) is 5.92 Å². The summed E-state index contributed by atoms with van der Waals surface area (Å²) in [5.74, 6) is 1.97. The monoisotopic (exact) mass is 192 g/mol. The second kappa shape index (κ2) is 3.82. The summed E-state index contributed by atoms with van der Waals surface area (Å²) in [6.07, 6.45) is 7.25. The Morgan fingerprint density at radius 2 is 2.14 bits per heavy atom. The zero-order valence-corrected chi connectivity index (χ0v) is 8.40. The van der Waals surface area contributed by atoms with Gasteiger partial charge in [0.05, 0.1) is 0 Å². The molecule has 0 saturated heterocycles. The van der Waals surface area contributed by atoms with E-state index in [0.29, 0.717) is 17.7 Å². The largest absolute Gasteiger partial charge is 0.381 e. The molecule has 0 radical (unpaired) electrons. The molecule has 76 valence electrons. The lowest BCUT2D eigenvalue weighted by Gasteiger charge is -2.32. The summed E-state index contributed by atoms with van der Waals surface area (Å²) in [5.41, 5.74) is 5.69. The number of anilines is 2. The van der Waals surface area contributed by atoms with Crippen molar-refractivity contribution in [3.63, 3.8) is 0 Å². The molecule has 0 spiro atoms. The number of aromatic nitrogens is 2. The van der Waals surface area contributed by atoms with E-state index in [4.69, 9.17) is 5.73 Å². The molecule has 4 heteroatoms. The van der Waals surface area contributed by atoms with Crippen LogP contribution in [0.1, 0.15) is 26.2 Å². The molecule has 14 heavy (non-hydrogen) atoms. The fraction of sp³-hybridized carbons (Fsp3) is 0.600. The molecule has 1 aromatic rings. The maximum atomic E-state index is 5.69. The van der Waals surface area contributed by atoms with Crippen LogP contribution >= 0.6 is 0 Å². The van der Waals surface area contributed by atoms with Crippen LogP contribution in [0, 0.1) is 5.92 Å². The van der Waals surface area contributed by atoms with Crippen molar-refractivity contribution in [3.05, 3.63) is 12.4 Å². The SMILES string of the molecule is CC(Nc1nccnc1N)C1CCC1. The Labute approximate surface area is 83.9 Å². The highest BCUT2D eigenvalue weighted by molar-refractivity contribution is 5.55. The van der Waals surface area contributed by atoms with Gasteiger partial charge in [-0.1, -0.05) is 6.42 Å². The number of rotatable bonds is 3. The van der Waals surface area contributed by atoms with Gasteiger partial charge in [0.25, 0.3) is 0 Å². The zero-order valence-electron chi connectivity index (χ0n) is 8.40. The number of nitrogens with two attached hydrogens (primary N) is 1. The van der Waals surface area contributed by atoms with Crippen LogP contribution in [-0.4, -0.2) is 16.0 Å². The molecule has 1 aliphatic rings. The van der Waals surface area contributed by atoms with E-state index < -0.39 is 0 Å². The van der Waals surface area contributed by atoms with E-state index >= 15 is 0 Å². The number of hydrogen-bond donors (Lipinski definition) is 2. The lowest BCUT2D eigenvalue weighted by molar-refractivity contribution is 0.285. The molecule has 1 unspecified atom stereocenters. The first-order valence-electron chi connectivity index (χ1n) is 5.10. The van der Waals surface area contributed by atoms with E-state index in [9.17, 15) is 0 Å². The van der Waals surface area contributed by atoms with Gasteiger partial charge in [-0.2, -0.15) is 0 Å². The molecule has 1 fully saturated rings. The first-order chi connectivity index (χ1) is 6.77. The fourth-order valence-electron chi connectivity index (χ4n) is 1.73. The van der Waals surface area contributed by atoms with Crippen LogP contribution in [0.15, 0.2) is 12.4 Å². The minimum Gasteiger partial charge on any atom is -0.381 e. The van der Waals surface area contributed by atoms with Crippen molar-refractivity contribution in [1.29, 1.82) is 0 Å². The molecule has 1 aliphatic carbocycles. The van der Waals surface area contributed by atoms with Crippen LogP contribution in [0.25, 0.3) is 0 Å². The summed E-state index contributed by atoms with van der Waals surface area (Å²) >= 11 is 0. The van der Waals surface area contributed by atoms with Gasteiger partial charge in [-0.15, -0.1) is 0 Å². The summed E-state index contributed by atoms with van der Waals surface area (Å²) < 4.78 is 0. The highest BCUT2D eigenvalue weighted by Gasteiger charge is 2.24. The molecular weight excluding hydrogens is 176 g/mol. The van der Waals surface area contributed by atoms with Crippen LogP contribution in [0.3, 0.4) is 0 Å². The van der Waals surface area contributed by atoms with Gasteiger partial charge in [0.15, 0.2) is 11.6 Å². The van der Waals surface area contributed by atoms with E-state index in [1.54, 1.807) is 12.4 Å². The summed E-state index contributed by atoms with van der Waals surface area (Å²) in [7, 11) is 0. The third-order valence-corrected chi connectivity index (χ3v) is 2.95. The molecule has 1 saturated carbocycles. The first kappa shape index (κ1) is 9.24. The normalized spacial score (nSPS) is 18.6. The van der Waals surface area contributed by atoms with Gasteiger partial charge in [0, 0.05) is 18.4 Å². The number of nitrogen functional groups attached to an aromatic ring is 1. The predicted molar refractivity (Wildman–Crippen MR) is 56.9 cm³/mol. The lowest BCUT2D eigenvalue weighted by Crippen LogP contribution is -2.31. The van der Waals surface area contributed by atoms with Crippen LogP contribution in [0.5, 0.6) is 0 Å². The van der Waals surface area contributed by atoms with Gasteiger partial charge < -0.3 is 11.1 Å². The van der Waals surface area contributed by atoms with E-state index in [1.807, 2.05) is 0 Å². The summed E-state index contributed by atoms with van der Waals surface area (Å²) in [6, 6.07) is 0.447. The molecule has 1 heterocycles. The minimum absolute atomic E-state index is 0.447. The van der Waals surface area contributed by atoms with E-state index in [0.717, 1.165) is 5.92 Å². The van der Waals surface area contributed by atoms with Crippen LogP contribution in [0.4, 0.5) is 11.6 Å².